The highest BCUT2D eigenvalue weighted by Gasteiger charge is 2.08. The van der Waals surface area contributed by atoms with Crippen LogP contribution in [0.3, 0.4) is 0 Å². The maximum Gasteiger partial charge on any atom is 0.225 e. The van der Waals surface area contributed by atoms with Gasteiger partial charge >= 0.3 is 0 Å². The number of benzene rings is 1. The van der Waals surface area contributed by atoms with Gasteiger partial charge in [-0.1, -0.05) is 0 Å². The predicted molar refractivity (Wildman–Crippen MR) is 111 cm³/mol. The van der Waals surface area contributed by atoms with Gasteiger partial charge < -0.3 is 15.5 Å². The van der Waals surface area contributed by atoms with Crippen molar-refractivity contribution in [3.05, 3.63) is 60.2 Å². The van der Waals surface area contributed by atoms with Crippen molar-refractivity contribution in [3.8, 4) is 11.3 Å². The molecule has 0 bridgehead atoms. The van der Waals surface area contributed by atoms with Crippen molar-refractivity contribution in [3.63, 3.8) is 0 Å². The van der Waals surface area contributed by atoms with Gasteiger partial charge in [-0.3, -0.25) is 4.98 Å². The maximum atomic E-state index is 13.5. The zero-order chi connectivity index (χ0) is 19.9. The average Bonchev–Trinajstić information content (AvgIpc) is 2.68. The van der Waals surface area contributed by atoms with Gasteiger partial charge in [0.05, 0.1) is 5.69 Å². The van der Waals surface area contributed by atoms with E-state index in [1.54, 1.807) is 31.5 Å². The highest BCUT2D eigenvalue weighted by atomic mass is 19.1. The molecule has 0 aliphatic carbocycles. The summed E-state index contributed by atoms with van der Waals surface area (Å²) >= 11 is 0. The summed E-state index contributed by atoms with van der Waals surface area (Å²) in [5.74, 6) is 0.948. The smallest absolute Gasteiger partial charge is 0.225 e. The van der Waals surface area contributed by atoms with E-state index in [1.807, 2.05) is 32.3 Å². The third-order valence-electron chi connectivity index (χ3n) is 4.18. The van der Waals surface area contributed by atoms with Crippen LogP contribution in [0.2, 0.25) is 0 Å². The molecule has 0 saturated carbocycles. The van der Waals surface area contributed by atoms with E-state index in [1.165, 1.54) is 6.07 Å². The number of halogens is 1. The van der Waals surface area contributed by atoms with Crippen molar-refractivity contribution < 1.29 is 4.39 Å². The lowest BCUT2D eigenvalue weighted by molar-refractivity contribution is 0.405. The van der Waals surface area contributed by atoms with Crippen LogP contribution < -0.4 is 10.6 Å². The second-order valence-electron chi connectivity index (χ2n) is 6.88. The summed E-state index contributed by atoms with van der Waals surface area (Å²) in [5, 5.41) is 6.53. The number of aromatic nitrogens is 3. The fraction of sp³-hybridized carbons (Fsp3) is 0.286. The largest absolute Gasteiger partial charge is 0.354 e. The number of hydrogen-bond donors (Lipinski definition) is 2. The molecule has 146 valence electrons. The van der Waals surface area contributed by atoms with Crippen molar-refractivity contribution in [1.29, 1.82) is 0 Å². The number of nitrogens with zero attached hydrogens (tertiary/aromatic N) is 4. The quantitative estimate of drug-likeness (QED) is 0.574. The molecule has 0 saturated heterocycles. The molecular weight excluding hydrogens is 355 g/mol. The van der Waals surface area contributed by atoms with E-state index in [-0.39, 0.29) is 5.82 Å². The van der Waals surface area contributed by atoms with Crippen LogP contribution in [0, 0.1) is 12.7 Å². The van der Waals surface area contributed by atoms with Crippen LogP contribution in [0.4, 0.5) is 21.8 Å². The Kier molecular flexibility index (Phi) is 6.49. The standard InChI is InChI=1S/C21H25FN6/c1-15-12-17(7-8-18(15)22)25-20-13-19(16-6-4-9-23-14-16)26-21(27-20)24-10-5-11-28(2)3/h4,6-9,12-14H,5,10-11H2,1-3H3,(H2,24,25,26,27). The summed E-state index contributed by atoms with van der Waals surface area (Å²) in [6, 6.07) is 10.6. The van der Waals surface area contributed by atoms with Crippen molar-refractivity contribution in [1.82, 2.24) is 19.9 Å². The second kappa shape index (κ2) is 9.23. The summed E-state index contributed by atoms with van der Waals surface area (Å²) < 4.78 is 13.5. The van der Waals surface area contributed by atoms with Gasteiger partial charge in [0, 0.05) is 36.3 Å². The van der Waals surface area contributed by atoms with E-state index in [0.717, 1.165) is 36.5 Å². The Labute approximate surface area is 164 Å². The first kappa shape index (κ1) is 19.7. The third kappa shape index (κ3) is 5.47. The normalized spacial score (nSPS) is 10.9. The number of pyridine rings is 1. The maximum absolute atomic E-state index is 13.5. The Morgan fingerprint density at radius 2 is 1.96 bits per heavy atom. The predicted octanol–water partition coefficient (Wildman–Crippen LogP) is 4.09. The lowest BCUT2D eigenvalue weighted by atomic mass is 10.2. The molecule has 6 nitrogen and oxygen atoms in total. The summed E-state index contributed by atoms with van der Waals surface area (Å²) in [5.41, 5.74) is 3.01. The minimum Gasteiger partial charge on any atom is -0.354 e. The van der Waals surface area contributed by atoms with Gasteiger partial charge in [-0.05, 0) is 69.9 Å². The van der Waals surface area contributed by atoms with Crippen LogP contribution >= 0.6 is 0 Å². The summed E-state index contributed by atoms with van der Waals surface area (Å²) in [7, 11) is 4.10. The number of hydrogen-bond acceptors (Lipinski definition) is 6. The minimum absolute atomic E-state index is 0.229. The summed E-state index contributed by atoms with van der Waals surface area (Å²) in [6.07, 6.45) is 4.48. The summed E-state index contributed by atoms with van der Waals surface area (Å²) in [4.78, 5) is 15.5. The monoisotopic (exact) mass is 380 g/mol. The molecule has 0 aliphatic heterocycles. The van der Waals surface area contributed by atoms with Crippen molar-refractivity contribution >= 4 is 17.5 Å². The van der Waals surface area contributed by atoms with E-state index < -0.39 is 0 Å². The fourth-order valence-corrected chi connectivity index (χ4v) is 2.72. The first-order chi connectivity index (χ1) is 13.5. The van der Waals surface area contributed by atoms with Gasteiger partial charge in [0.2, 0.25) is 5.95 Å². The molecule has 1 aromatic carbocycles. The molecule has 3 rings (SSSR count). The second-order valence-corrected chi connectivity index (χ2v) is 6.88. The van der Waals surface area contributed by atoms with Gasteiger partial charge in [-0.25, -0.2) is 9.37 Å². The topological polar surface area (TPSA) is 66.0 Å². The van der Waals surface area contributed by atoms with Gasteiger partial charge in [-0.15, -0.1) is 0 Å². The van der Waals surface area contributed by atoms with E-state index in [0.29, 0.717) is 17.3 Å². The fourth-order valence-electron chi connectivity index (χ4n) is 2.72. The van der Waals surface area contributed by atoms with Crippen molar-refractivity contribution in [2.45, 2.75) is 13.3 Å². The van der Waals surface area contributed by atoms with Crippen LogP contribution in [-0.4, -0.2) is 47.0 Å². The Morgan fingerprint density at radius 1 is 1.11 bits per heavy atom. The highest BCUT2D eigenvalue weighted by molar-refractivity contribution is 5.67. The van der Waals surface area contributed by atoms with E-state index in [2.05, 4.69) is 30.5 Å². The summed E-state index contributed by atoms with van der Waals surface area (Å²) in [6.45, 7) is 3.48. The molecule has 2 heterocycles. The molecular formula is C21H25FN6. The van der Waals surface area contributed by atoms with Crippen molar-refractivity contribution in [2.75, 3.05) is 37.8 Å². The van der Waals surface area contributed by atoms with Crippen LogP contribution in [0.15, 0.2) is 48.8 Å². The Balaban J connectivity index is 1.85. The van der Waals surface area contributed by atoms with Crippen molar-refractivity contribution in [2.24, 2.45) is 0 Å². The molecule has 0 amide bonds. The Hall–Kier alpha value is -3.06. The number of anilines is 3. The lowest BCUT2D eigenvalue weighted by Gasteiger charge is -2.13. The molecule has 0 spiro atoms. The van der Waals surface area contributed by atoms with E-state index in [9.17, 15) is 4.39 Å². The Morgan fingerprint density at radius 3 is 2.68 bits per heavy atom. The third-order valence-corrected chi connectivity index (χ3v) is 4.18. The van der Waals surface area contributed by atoms with Gasteiger partial charge in [0.1, 0.15) is 11.6 Å². The molecule has 0 radical (unpaired) electrons. The highest BCUT2D eigenvalue weighted by Crippen LogP contribution is 2.24. The van der Waals surface area contributed by atoms with Crippen LogP contribution in [0.25, 0.3) is 11.3 Å². The SMILES string of the molecule is Cc1cc(Nc2cc(-c3cccnc3)nc(NCCCN(C)C)n2)ccc1F. The van der Waals surface area contributed by atoms with Gasteiger partial charge in [0.25, 0.3) is 0 Å². The number of rotatable bonds is 8. The Bertz CT molecular complexity index is 914. The first-order valence-corrected chi connectivity index (χ1v) is 9.22. The van der Waals surface area contributed by atoms with Crippen LogP contribution in [-0.2, 0) is 0 Å². The molecule has 0 aliphatic rings. The minimum atomic E-state index is -0.229. The number of nitrogens with one attached hydrogen (secondary N) is 2. The number of aryl methyl sites for hydroxylation is 1. The average molecular weight is 380 g/mol. The van der Waals surface area contributed by atoms with Gasteiger partial charge in [-0.2, -0.15) is 4.98 Å². The molecule has 0 fully saturated rings. The van der Waals surface area contributed by atoms with E-state index >= 15 is 0 Å². The lowest BCUT2D eigenvalue weighted by Crippen LogP contribution is -2.17. The molecule has 3 aromatic rings. The molecule has 0 unspecified atom stereocenters. The van der Waals surface area contributed by atoms with Gasteiger partial charge in [0.15, 0.2) is 0 Å². The van der Waals surface area contributed by atoms with Crippen LogP contribution in [0.1, 0.15) is 12.0 Å². The molecule has 7 heteroatoms. The van der Waals surface area contributed by atoms with E-state index in [4.69, 9.17) is 0 Å². The first-order valence-electron chi connectivity index (χ1n) is 9.22. The molecule has 0 atom stereocenters. The molecule has 2 N–H and O–H groups in total. The molecule has 28 heavy (non-hydrogen) atoms. The zero-order valence-corrected chi connectivity index (χ0v) is 16.4. The molecule has 2 aromatic heterocycles. The zero-order valence-electron chi connectivity index (χ0n) is 16.4. The van der Waals surface area contributed by atoms with Crippen LogP contribution in [0.5, 0.6) is 0 Å².